The van der Waals surface area contributed by atoms with Gasteiger partial charge in [0.25, 0.3) is 0 Å². The van der Waals surface area contributed by atoms with Gasteiger partial charge in [-0.15, -0.1) is 0 Å². The highest BCUT2D eigenvalue weighted by molar-refractivity contribution is 4.77. The Kier molecular flexibility index (Phi) is 9.18. The van der Waals surface area contributed by atoms with E-state index in [9.17, 15) is 5.11 Å². The van der Waals surface area contributed by atoms with E-state index in [1.807, 2.05) is 0 Å². The lowest BCUT2D eigenvalue weighted by atomic mass is 9.86. The SMILES string of the molecule is CCCCCC([O])(CCCC)CCCC. The summed E-state index contributed by atoms with van der Waals surface area (Å²) in [5.74, 6) is 0. The Labute approximate surface area is 96.3 Å². The zero-order valence-corrected chi connectivity index (χ0v) is 11.0. The van der Waals surface area contributed by atoms with Gasteiger partial charge >= 0.3 is 0 Å². The van der Waals surface area contributed by atoms with Crippen molar-refractivity contribution in [1.82, 2.24) is 0 Å². The number of hydrogen-bond donors (Lipinski definition) is 0. The maximum absolute atomic E-state index is 12.5. The predicted octanol–water partition coefficient (Wildman–Crippen LogP) is 5.12. The van der Waals surface area contributed by atoms with E-state index in [1.165, 1.54) is 12.8 Å². The van der Waals surface area contributed by atoms with Crippen molar-refractivity contribution in [3.05, 3.63) is 0 Å². The second-order valence-corrected chi connectivity index (χ2v) is 4.85. The molecule has 1 radical (unpaired) electrons. The lowest BCUT2D eigenvalue weighted by molar-refractivity contribution is -0.0552. The van der Waals surface area contributed by atoms with Crippen LogP contribution in [0.1, 0.15) is 85.0 Å². The Morgan fingerprint density at radius 3 is 1.47 bits per heavy atom. The van der Waals surface area contributed by atoms with Crippen LogP contribution in [0.15, 0.2) is 0 Å². The van der Waals surface area contributed by atoms with Crippen LogP contribution in [0, 0.1) is 0 Å². The van der Waals surface area contributed by atoms with Gasteiger partial charge in [-0.2, -0.15) is 0 Å². The van der Waals surface area contributed by atoms with Crippen molar-refractivity contribution in [1.29, 1.82) is 0 Å². The molecule has 0 aromatic rings. The highest BCUT2D eigenvalue weighted by atomic mass is 16.3. The largest absolute Gasteiger partial charge is 0.229 e. The quantitative estimate of drug-likeness (QED) is 0.449. The van der Waals surface area contributed by atoms with Crippen molar-refractivity contribution in [2.75, 3.05) is 0 Å². The van der Waals surface area contributed by atoms with Gasteiger partial charge in [0.15, 0.2) is 0 Å². The fourth-order valence-electron chi connectivity index (χ4n) is 2.07. The molecule has 0 saturated carbocycles. The Balaban J connectivity index is 3.89. The molecule has 1 heteroatoms. The topological polar surface area (TPSA) is 19.9 Å². The molecule has 0 fully saturated rings. The maximum Gasteiger partial charge on any atom is 0.104 e. The van der Waals surface area contributed by atoms with E-state index in [-0.39, 0.29) is 0 Å². The first kappa shape index (κ1) is 15.0. The summed E-state index contributed by atoms with van der Waals surface area (Å²) in [7, 11) is 0. The minimum atomic E-state index is -0.596. The fourth-order valence-corrected chi connectivity index (χ4v) is 2.07. The molecule has 0 bridgehead atoms. The average Bonchev–Trinajstić information content (AvgIpc) is 2.24. The molecule has 0 amide bonds. The zero-order chi connectivity index (χ0) is 11.6. The zero-order valence-electron chi connectivity index (χ0n) is 11.0. The molecule has 0 aliphatic carbocycles. The van der Waals surface area contributed by atoms with Gasteiger partial charge in [-0.1, -0.05) is 65.7 Å². The van der Waals surface area contributed by atoms with Gasteiger partial charge in [-0.05, 0) is 19.3 Å². The molecule has 0 heterocycles. The molecule has 15 heavy (non-hydrogen) atoms. The first-order chi connectivity index (χ1) is 7.18. The summed E-state index contributed by atoms with van der Waals surface area (Å²) in [5.41, 5.74) is -0.596. The normalized spacial score (nSPS) is 12.0. The van der Waals surface area contributed by atoms with Crippen molar-refractivity contribution in [3.8, 4) is 0 Å². The molecular weight excluding hydrogens is 184 g/mol. The molecule has 91 valence electrons. The van der Waals surface area contributed by atoms with Crippen LogP contribution in [0.4, 0.5) is 0 Å². The smallest absolute Gasteiger partial charge is 0.104 e. The molecule has 0 aliphatic rings. The second kappa shape index (κ2) is 9.21. The van der Waals surface area contributed by atoms with E-state index in [4.69, 9.17) is 0 Å². The van der Waals surface area contributed by atoms with Crippen LogP contribution in [0.5, 0.6) is 0 Å². The minimum Gasteiger partial charge on any atom is -0.229 e. The van der Waals surface area contributed by atoms with Crippen LogP contribution in [-0.2, 0) is 5.11 Å². The van der Waals surface area contributed by atoms with Crippen molar-refractivity contribution >= 4 is 0 Å². The van der Waals surface area contributed by atoms with Crippen LogP contribution in [0.3, 0.4) is 0 Å². The number of unbranched alkanes of at least 4 members (excludes halogenated alkanes) is 4. The van der Waals surface area contributed by atoms with E-state index in [0.29, 0.717) is 0 Å². The molecule has 0 N–H and O–H groups in total. The molecule has 0 aliphatic heterocycles. The summed E-state index contributed by atoms with van der Waals surface area (Å²) < 4.78 is 0. The lowest BCUT2D eigenvalue weighted by Gasteiger charge is -2.25. The highest BCUT2D eigenvalue weighted by Gasteiger charge is 2.26. The number of hydrogen-bond acceptors (Lipinski definition) is 0. The van der Waals surface area contributed by atoms with Gasteiger partial charge in [0.05, 0.1) is 0 Å². The van der Waals surface area contributed by atoms with Crippen LogP contribution in [0.2, 0.25) is 0 Å². The predicted molar refractivity (Wildman–Crippen MR) is 66.6 cm³/mol. The molecule has 0 atom stereocenters. The van der Waals surface area contributed by atoms with Crippen LogP contribution >= 0.6 is 0 Å². The summed E-state index contributed by atoms with van der Waals surface area (Å²) in [4.78, 5) is 0. The Bertz CT molecular complexity index is 123. The van der Waals surface area contributed by atoms with Crippen molar-refractivity contribution in [2.45, 2.75) is 90.6 Å². The van der Waals surface area contributed by atoms with E-state index in [1.54, 1.807) is 0 Å². The van der Waals surface area contributed by atoms with Gasteiger partial charge in [-0.25, -0.2) is 5.11 Å². The molecule has 0 unspecified atom stereocenters. The van der Waals surface area contributed by atoms with E-state index in [0.717, 1.165) is 51.4 Å². The third-order valence-electron chi connectivity index (χ3n) is 3.21. The minimum absolute atomic E-state index is 0.596. The fraction of sp³-hybridized carbons (Fsp3) is 1.00. The summed E-state index contributed by atoms with van der Waals surface area (Å²) in [6.45, 7) is 6.54. The van der Waals surface area contributed by atoms with Crippen LogP contribution in [-0.4, -0.2) is 5.60 Å². The van der Waals surface area contributed by atoms with Crippen molar-refractivity contribution < 1.29 is 5.11 Å². The van der Waals surface area contributed by atoms with Crippen LogP contribution in [0.25, 0.3) is 0 Å². The molecule has 0 rings (SSSR count). The Morgan fingerprint density at radius 2 is 1.07 bits per heavy atom. The summed E-state index contributed by atoms with van der Waals surface area (Å²) >= 11 is 0. The monoisotopic (exact) mass is 213 g/mol. The average molecular weight is 213 g/mol. The Morgan fingerprint density at radius 1 is 0.667 bits per heavy atom. The van der Waals surface area contributed by atoms with E-state index >= 15 is 0 Å². The molecule has 0 aromatic carbocycles. The number of rotatable bonds is 10. The van der Waals surface area contributed by atoms with Gasteiger partial charge in [0.2, 0.25) is 0 Å². The summed E-state index contributed by atoms with van der Waals surface area (Å²) in [6.07, 6.45) is 10.8. The van der Waals surface area contributed by atoms with Gasteiger partial charge < -0.3 is 0 Å². The lowest BCUT2D eigenvalue weighted by Crippen LogP contribution is -2.26. The summed E-state index contributed by atoms with van der Waals surface area (Å²) in [6, 6.07) is 0. The van der Waals surface area contributed by atoms with E-state index in [2.05, 4.69) is 20.8 Å². The van der Waals surface area contributed by atoms with Gasteiger partial charge in [0, 0.05) is 0 Å². The first-order valence-electron chi connectivity index (χ1n) is 6.89. The third kappa shape index (κ3) is 7.84. The third-order valence-corrected chi connectivity index (χ3v) is 3.21. The summed E-state index contributed by atoms with van der Waals surface area (Å²) in [5, 5.41) is 12.5. The molecule has 0 saturated heterocycles. The van der Waals surface area contributed by atoms with Gasteiger partial charge in [0.1, 0.15) is 5.60 Å². The van der Waals surface area contributed by atoms with Gasteiger partial charge in [-0.3, -0.25) is 0 Å². The van der Waals surface area contributed by atoms with Crippen molar-refractivity contribution in [2.24, 2.45) is 0 Å². The maximum atomic E-state index is 12.5. The molecule has 0 aromatic heterocycles. The standard InChI is InChI=1S/C14H29O/c1-4-7-10-13-14(15,11-8-5-2)12-9-6-3/h4-13H2,1-3H3. The molecule has 0 spiro atoms. The highest BCUT2D eigenvalue weighted by Crippen LogP contribution is 2.28. The van der Waals surface area contributed by atoms with E-state index < -0.39 is 5.60 Å². The Hall–Kier alpha value is -0.0400. The van der Waals surface area contributed by atoms with Crippen LogP contribution < -0.4 is 0 Å². The molecular formula is C14H29O. The first-order valence-corrected chi connectivity index (χ1v) is 6.89. The van der Waals surface area contributed by atoms with Crippen molar-refractivity contribution in [3.63, 3.8) is 0 Å². The second-order valence-electron chi connectivity index (χ2n) is 4.85. The molecule has 1 nitrogen and oxygen atoms in total.